The number of aromatic nitrogens is 2. The molecule has 0 N–H and O–H groups in total. The number of carbonyl (C=O) groups is 1. The summed E-state index contributed by atoms with van der Waals surface area (Å²) in [5.74, 6) is 0.0607. The summed E-state index contributed by atoms with van der Waals surface area (Å²) in [6.07, 6.45) is 4.59. The molecule has 4 nitrogen and oxygen atoms in total. The Morgan fingerprint density at radius 2 is 1.84 bits per heavy atom. The minimum Gasteiger partial charge on any atom is -0.331 e. The molecule has 154 valence electrons. The van der Waals surface area contributed by atoms with Crippen LogP contribution in [0.15, 0.2) is 79.0 Å². The monoisotopic (exact) mass is 407 g/mol. The molecule has 2 aromatic heterocycles. The number of pyridine rings is 2. The van der Waals surface area contributed by atoms with Crippen molar-refractivity contribution in [2.45, 2.75) is 32.2 Å². The van der Waals surface area contributed by atoms with E-state index >= 15 is 0 Å². The lowest BCUT2D eigenvalue weighted by molar-refractivity contribution is 0.0651. The van der Waals surface area contributed by atoms with Crippen molar-refractivity contribution in [2.24, 2.45) is 0 Å². The van der Waals surface area contributed by atoms with Crippen LogP contribution in [0.25, 0.3) is 22.3 Å². The molecular formula is C27H25N3O. The second kappa shape index (κ2) is 8.31. The highest BCUT2D eigenvalue weighted by molar-refractivity contribution is 6.06. The predicted octanol–water partition coefficient (Wildman–Crippen LogP) is 5.84. The first-order valence-corrected chi connectivity index (χ1v) is 11.0. The molecule has 0 aliphatic carbocycles. The molecular weight excluding hydrogens is 382 g/mol. The fraction of sp³-hybridized carbons (Fsp3) is 0.222. The van der Waals surface area contributed by atoms with Gasteiger partial charge in [0.05, 0.1) is 17.3 Å². The van der Waals surface area contributed by atoms with Crippen LogP contribution in [0.4, 0.5) is 0 Å². The highest BCUT2D eigenvalue weighted by Gasteiger charge is 2.31. The lowest BCUT2D eigenvalue weighted by atomic mass is 9.89. The van der Waals surface area contributed by atoms with Crippen molar-refractivity contribution in [2.75, 3.05) is 6.54 Å². The Balaban J connectivity index is 1.62. The van der Waals surface area contributed by atoms with E-state index in [1.165, 1.54) is 11.1 Å². The van der Waals surface area contributed by atoms with Gasteiger partial charge < -0.3 is 4.90 Å². The Bertz CT molecular complexity index is 1240. The van der Waals surface area contributed by atoms with Crippen LogP contribution in [0.1, 0.15) is 47.3 Å². The van der Waals surface area contributed by atoms with Gasteiger partial charge in [-0.3, -0.25) is 4.79 Å². The van der Waals surface area contributed by atoms with Crippen LogP contribution in [0.2, 0.25) is 0 Å². The summed E-state index contributed by atoms with van der Waals surface area (Å²) in [4.78, 5) is 25.2. The van der Waals surface area contributed by atoms with Crippen molar-refractivity contribution in [3.8, 4) is 11.3 Å². The second-order valence-corrected chi connectivity index (χ2v) is 8.05. The Kier molecular flexibility index (Phi) is 5.21. The summed E-state index contributed by atoms with van der Waals surface area (Å²) >= 11 is 0. The lowest BCUT2D eigenvalue weighted by Crippen LogP contribution is -2.40. The second-order valence-electron chi connectivity index (χ2n) is 8.05. The van der Waals surface area contributed by atoms with Gasteiger partial charge in [0.2, 0.25) is 0 Å². The zero-order valence-electron chi connectivity index (χ0n) is 17.7. The first kappa shape index (κ1) is 19.4. The van der Waals surface area contributed by atoms with Gasteiger partial charge in [0.15, 0.2) is 5.65 Å². The highest BCUT2D eigenvalue weighted by atomic mass is 16.2. The summed E-state index contributed by atoms with van der Waals surface area (Å²) in [5.41, 5.74) is 5.69. The molecule has 1 amide bonds. The third-order valence-corrected chi connectivity index (χ3v) is 6.12. The fourth-order valence-electron chi connectivity index (χ4n) is 4.63. The quantitative estimate of drug-likeness (QED) is 0.427. The summed E-state index contributed by atoms with van der Waals surface area (Å²) in [7, 11) is 0. The maximum Gasteiger partial charge on any atom is 0.255 e. The Hall–Kier alpha value is -3.53. The molecule has 4 aromatic rings. The van der Waals surface area contributed by atoms with E-state index in [0.717, 1.165) is 42.5 Å². The zero-order chi connectivity index (χ0) is 21.2. The third kappa shape index (κ3) is 3.59. The van der Waals surface area contributed by atoms with Gasteiger partial charge >= 0.3 is 0 Å². The largest absolute Gasteiger partial charge is 0.331 e. The molecule has 2 aromatic carbocycles. The minimum absolute atomic E-state index is 0.0607. The molecule has 0 spiro atoms. The molecule has 0 fully saturated rings. The van der Waals surface area contributed by atoms with Gasteiger partial charge in [-0.2, -0.15) is 0 Å². The highest BCUT2D eigenvalue weighted by Crippen LogP contribution is 2.35. The van der Waals surface area contributed by atoms with Gasteiger partial charge in [0, 0.05) is 23.7 Å². The molecule has 0 radical (unpaired) electrons. The van der Waals surface area contributed by atoms with Crippen molar-refractivity contribution in [1.82, 2.24) is 14.9 Å². The molecule has 0 saturated carbocycles. The van der Waals surface area contributed by atoms with E-state index in [1.807, 2.05) is 48.5 Å². The molecule has 3 heterocycles. The maximum atomic E-state index is 14.0. The van der Waals surface area contributed by atoms with Gasteiger partial charge in [-0.05, 0) is 42.2 Å². The van der Waals surface area contributed by atoms with Crippen LogP contribution >= 0.6 is 0 Å². The Morgan fingerprint density at radius 3 is 2.68 bits per heavy atom. The Labute approximate surface area is 182 Å². The van der Waals surface area contributed by atoms with Gasteiger partial charge in [-0.1, -0.05) is 67.9 Å². The molecule has 5 rings (SSSR count). The molecule has 1 aliphatic rings. The van der Waals surface area contributed by atoms with Gasteiger partial charge in [-0.25, -0.2) is 9.97 Å². The predicted molar refractivity (Wildman–Crippen MR) is 124 cm³/mol. The number of nitrogens with zero attached hydrogens (tertiary/aromatic N) is 3. The minimum atomic E-state index is 0.0607. The topological polar surface area (TPSA) is 46.1 Å². The standard InChI is InChI=1S/C27H25N3O/c1-2-9-25-21-13-7-6-10-19(21)15-17-30(25)27(31)23-18-24(20-11-4-3-5-12-20)29-26-22(23)14-8-16-28-26/h3-8,10-14,16,18,25H,2,9,15,17H2,1H3. The van der Waals surface area contributed by atoms with E-state index in [1.54, 1.807) is 6.20 Å². The summed E-state index contributed by atoms with van der Waals surface area (Å²) in [5, 5.41) is 0.807. The van der Waals surface area contributed by atoms with Gasteiger partial charge in [0.1, 0.15) is 0 Å². The van der Waals surface area contributed by atoms with Crippen molar-refractivity contribution in [3.63, 3.8) is 0 Å². The number of fused-ring (bicyclic) bond motifs is 2. The molecule has 0 bridgehead atoms. The molecule has 0 saturated heterocycles. The maximum absolute atomic E-state index is 14.0. The smallest absolute Gasteiger partial charge is 0.255 e. The average molecular weight is 408 g/mol. The van der Waals surface area contributed by atoms with Crippen LogP contribution in [0.5, 0.6) is 0 Å². The van der Waals surface area contributed by atoms with E-state index in [-0.39, 0.29) is 11.9 Å². The van der Waals surface area contributed by atoms with Crippen molar-refractivity contribution in [3.05, 3.63) is 95.7 Å². The molecule has 31 heavy (non-hydrogen) atoms. The SMILES string of the molecule is CCCC1c2ccccc2CCN1C(=O)c1cc(-c2ccccc2)nc2ncccc12. The number of rotatable bonds is 4. The van der Waals surface area contributed by atoms with Crippen molar-refractivity contribution in [1.29, 1.82) is 0 Å². The molecule has 4 heteroatoms. The van der Waals surface area contributed by atoms with Gasteiger partial charge in [0.25, 0.3) is 5.91 Å². The van der Waals surface area contributed by atoms with Gasteiger partial charge in [-0.15, -0.1) is 0 Å². The van der Waals surface area contributed by atoms with E-state index in [9.17, 15) is 4.79 Å². The first-order chi connectivity index (χ1) is 15.3. The van der Waals surface area contributed by atoms with E-state index < -0.39 is 0 Å². The van der Waals surface area contributed by atoms with E-state index in [0.29, 0.717) is 11.2 Å². The van der Waals surface area contributed by atoms with Crippen molar-refractivity contribution >= 4 is 16.9 Å². The molecule has 1 unspecified atom stereocenters. The number of hydrogen-bond acceptors (Lipinski definition) is 3. The summed E-state index contributed by atoms with van der Waals surface area (Å²) < 4.78 is 0. The Morgan fingerprint density at radius 1 is 1.03 bits per heavy atom. The fourth-order valence-corrected chi connectivity index (χ4v) is 4.63. The summed E-state index contributed by atoms with van der Waals surface area (Å²) in [6.45, 7) is 2.91. The third-order valence-electron chi connectivity index (χ3n) is 6.12. The first-order valence-electron chi connectivity index (χ1n) is 11.0. The average Bonchev–Trinajstić information content (AvgIpc) is 2.84. The zero-order valence-corrected chi connectivity index (χ0v) is 17.7. The van der Waals surface area contributed by atoms with Crippen LogP contribution in [0, 0.1) is 0 Å². The number of amides is 1. The summed E-state index contributed by atoms with van der Waals surface area (Å²) in [6, 6.07) is 24.4. The van der Waals surface area contributed by atoms with Crippen LogP contribution in [-0.2, 0) is 6.42 Å². The molecule has 1 aliphatic heterocycles. The molecule has 1 atom stereocenters. The van der Waals surface area contributed by atoms with Crippen LogP contribution in [0.3, 0.4) is 0 Å². The van der Waals surface area contributed by atoms with E-state index in [4.69, 9.17) is 4.98 Å². The van der Waals surface area contributed by atoms with E-state index in [2.05, 4.69) is 41.1 Å². The number of hydrogen-bond donors (Lipinski definition) is 0. The normalized spacial score (nSPS) is 15.6. The lowest BCUT2D eigenvalue weighted by Gasteiger charge is -2.37. The van der Waals surface area contributed by atoms with Crippen molar-refractivity contribution < 1.29 is 4.79 Å². The number of carbonyl (C=O) groups excluding carboxylic acids is 1. The van der Waals surface area contributed by atoms with Crippen LogP contribution < -0.4 is 0 Å². The van der Waals surface area contributed by atoms with Crippen LogP contribution in [-0.4, -0.2) is 27.3 Å². The number of benzene rings is 2.